The van der Waals surface area contributed by atoms with Crippen LogP contribution in [0.5, 0.6) is 0 Å². The molecule has 0 amide bonds. The van der Waals surface area contributed by atoms with Crippen LogP contribution in [0.2, 0.25) is 0 Å². The highest BCUT2D eigenvalue weighted by Crippen LogP contribution is 2.27. The van der Waals surface area contributed by atoms with Crippen molar-refractivity contribution in [1.29, 1.82) is 0 Å². The molecule has 0 fully saturated rings. The topological polar surface area (TPSA) is 43.9 Å². The van der Waals surface area contributed by atoms with E-state index in [1.807, 2.05) is 48.5 Å². The second kappa shape index (κ2) is 5.93. The van der Waals surface area contributed by atoms with E-state index in [-0.39, 0.29) is 0 Å². The lowest BCUT2D eigenvalue weighted by molar-refractivity contribution is 0.555. The zero-order valence-corrected chi connectivity index (χ0v) is 13.3. The monoisotopic (exact) mass is 321 g/mol. The number of hydrogen-bond acceptors (Lipinski definition) is 4. The van der Waals surface area contributed by atoms with Crippen LogP contribution in [0.4, 0.5) is 0 Å². The van der Waals surface area contributed by atoms with E-state index < -0.39 is 0 Å². The van der Waals surface area contributed by atoms with Crippen LogP contribution in [0.1, 0.15) is 5.89 Å². The number of para-hydroxylation sites is 4. The third-order valence-corrected chi connectivity index (χ3v) is 4.56. The molecule has 0 bridgehead atoms. The molecule has 2 aromatic heterocycles. The van der Waals surface area contributed by atoms with Crippen LogP contribution in [0.25, 0.3) is 22.1 Å². The van der Waals surface area contributed by atoms with Crippen molar-refractivity contribution in [1.82, 2.24) is 14.5 Å². The van der Waals surface area contributed by atoms with Crippen molar-refractivity contribution in [3.63, 3.8) is 0 Å². The number of thioether (sulfide) groups is 1. The van der Waals surface area contributed by atoms with Gasteiger partial charge in [0.15, 0.2) is 10.7 Å². The molecule has 2 aromatic carbocycles. The molecule has 23 heavy (non-hydrogen) atoms. The minimum atomic E-state index is 0.648. The van der Waals surface area contributed by atoms with Crippen LogP contribution < -0.4 is 0 Å². The highest BCUT2D eigenvalue weighted by Gasteiger charge is 2.12. The Bertz CT molecular complexity index is 953. The second-order valence-electron chi connectivity index (χ2n) is 5.15. The van der Waals surface area contributed by atoms with Crippen LogP contribution >= 0.6 is 11.8 Å². The van der Waals surface area contributed by atoms with Gasteiger partial charge in [-0.05, 0) is 24.3 Å². The lowest BCUT2D eigenvalue weighted by atomic mass is 10.3. The van der Waals surface area contributed by atoms with E-state index in [0.717, 1.165) is 33.8 Å². The molecule has 0 spiro atoms. The molecule has 0 aliphatic carbocycles. The molecular formula is C18H15N3OS. The van der Waals surface area contributed by atoms with Gasteiger partial charge in [0, 0.05) is 6.54 Å². The molecule has 0 radical (unpaired) electrons. The van der Waals surface area contributed by atoms with Crippen molar-refractivity contribution in [2.24, 2.45) is 0 Å². The number of hydrogen-bond donors (Lipinski definition) is 0. The lowest BCUT2D eigenvalue weighted by Gasteiger charge is -2.04. The molecule has 4 rings (SSSR count). The van der Waals surface area contributed by atoms with E-state index in [9.17, 15) is 0 Å². The number of rotatable bonds is 5. The van der Waals surface area contributed by atoms with E-state index in [1.165, 1.54) is 0 Å². The van der Waals surface area contributed by atoms with Crippen LogP contribution in [-0.2, 0) is 12.3 Å². The maximum atomic E-state index is 5.77. The molecule has 0 saturated heterocycles. The predicted molar refractivity (Wildman–Crippen MR) is 93.5 cm³/mol. The summed E-state index contributed by atoms with van der Waals surface area (Å²) in [5, 5.41) is 0.952. The highest BCUT2D eigenvalue weighted by molar-refractivity contribution is 7.98. The van der Waals surface area contributed by atoms with Gasteiger partial charge < -0.3 is 8.98 Å². The number of aromatic nitrogens is 3. The number of imidazole rings is 1. The van der Waals surface area contributed by atoms with Gasteiger partial charge in [-0.1, -0.05) is 42.1 Å². The number of allylic oxidation sites excluding steroid dienone is 1. The predicted octanol–water partition coefficient (Wildman–Crippen LogP) is 4.66. The number of oxazole rings is 1. The Morgan fingerprint density at radius 1 is 1.04 bits per heavy atom. The maximum Gasteiger partial charge on any atom is 0.205 e. The van der Waals surface area contributed by atoms with Crippen molar-refractivity contribution < 1.29 is 4.42 Å². The number of fused-ring (bicyclic) bond motifs is 2. The molecule has 4 aromatic rings. The summed E-state index contributed by atoms with van der Waals surface area (Å²) in [4.78, 5) is 9.22. The Morgan fingerprint density at radius 2 is 1.83 bits per heavy atom. The van der Waals surface area contributed by atoms with Crippen LogP contribution in [-0.4, -0.2) is 14.5 Å². The summed E-state index contributed by atoms with van der Waals surface area (Å²) in [7, 11) is 0. The van der Waals surface area contributed by atoms with E-state index >= 15 is 0 Å². The standard InChI is InChI=1S/C18H15N3OS/c1-2-11-21-15-9-5-3-7-13(15)20-18(21)23-12-17-19-14-8-4-6-10-16(14)22-17/h2-10H,1,11-12H2. The average molecular weight is 321 g/mol. The fourth-order valence-corrected chi connectivity index (χ4v) is 3.44. The Balaban J connectivity index is 1.64. The van der Waals surface area contributed by atoms with Gasteiger partial charge in [0.25, 0.3) is 0 Å². The molecular weight excluding hydrogens is 306 g/mol. The summed E-state index contributed by atoms with van der Waals surface area (Å²) in [6.45, 7) is 4.57. The highest BCUT2D eigenvalue weighted by atomic mass is 32.2. The van der Waals surface area contributed by atoms with Crippen LogP contribution in [0, 0.1) is 0 Å². The van der Waals surface area contributed by atoms with E-state index in [0.29, 0.717) is 11.6 Å². The van der Waals surface area contributed by atoms with Crippen molar-refractivity contribution in [2.75, 3.05) is 0 Å². The van der Waals surface area contributed by atoms with Crippen molar-refractivity contribution >= 4 is 33.9 Å². The van der Waals surface area contributed by atoms with Crippen molar-refractivity contribution in [3.05, 3.63) is 67.1 Å². The molecule has 0 aliphatic heterocycles. The third kappa shape index (κ3) is 2.64. The molecule has 0 unspecified atom stereocenters. The molecule has 0 atom stereocenters. The molecule has 4 nitrogen and oxygen atoms in total. The Morgan fingerprint density at radius 3 is 2.65 bits per heavy atom. The molecule has 0 N–H and O–H groups in total. The summed E-state index contributed by atoms with van der Waals surface area (Å²) in [6, 6.07) is 15.9. The van der Waals surface area contributed by atoms with E-state index in [2.05, 4.69) is 22.2 Å². The fourth-order valence-electron chi connectivity index (χ4n) is 2.58. The van der Waals surface area contributed by atoms with Crippen LogP contribution in [0.15, 0.2) is 70.8 Å². The van der Waals surface area contributed by atoms with Gasteiger partial charge in [-0.15, -0.1) is 6.58 Å². The Kier molecular flexibility index (Phi) is 3.63. The SMILES string of the molecule is C=CCn1c(SCc2nc3ccccc3o2)nc2ccccc21. The molecule has 5 heteroatoms. The van der Waals surface area contributed by atoms with Gasteiger partial charge in [-0.3, -0.25) is 0 Å². The average Bonchev–Trinajstić information content (AvgIpc) is 3.14. The Hall–Kier alpha value is -2.53. The summed E-state index contributed by atoms with van der Waals surface area (Å²) in [5.41, 5.74) is 3.83. The zero-order valence-electron chi connectivity index (χ0n) is 12.5. The molecule has 114 valence electrons. The van der Waals surface area contributed by atoms with Gasteiger partial charge in [0.05, 0.1) is 16.8 Å². The summed E-state index contributed by atoms with van der Waals surface area (Å²) in [6.07, 6.45) is 1.89. The van der Waals surface area contributed by atoms with Gasteiger partial charge in [-0.2, -0.15) is 0 Å². The zero-order chi connectivity index (χ0) is 15.6. The largest absolute Gasteiger partial charge is 0.440 e. The minimum Gasteiger partial charge on any atom is -0.440 e. The quantitative estimate of drug-likeness (QED) is 0.396. The smallest absolute Gasteiger partial charge is 0.205 e. The first-order chi connectivity index (χ1) is 11.3. The molecule has 0 aliphatic rings. The molecule has 2 heterocycles. The first kappa shape index (κ1) is 14.1. The van der Waals surface area contributed by atoms with Crippen LogP contribution in [0.3, 0.4) is 0 Å². The van der Waals surface area contributed by atoms with Crippen molar-refractivity contribution in [3.8, 4) is 0 Å². The molecule has 0 saturated carbocycles. The first-order valence-electron chi connectivity index (χ1n) is 7.38. The van der Waals surface area contributed by atoms with Crippen molar-refractivity contribution in [2.45, 2.75) is 17.5 Å². The van der Waals surface area contributed by atoms with E-state index in [1.54, 1.807) is 11.8 Å². The third-order valence-electron chi connectivity index (χ3n) is 3.59. The lowest BCUT2D eigenvalue weighted by Crippen LogP contribution is -1.97. The van der Waals surface area contributed by atoms with Gasteiger partial charge in [0.1, 0.15) is 5.52 Å². The summed E-state index contributed by atoms with van der Waals surface area (Å²) >= 11 is 1.63. The van der Waals surface area contributed by atoms with Gasteiger partial charge in [-0.25, -0.2) is 9.97 Å². The van der Waals surface area contributed by atoms with Gasteiger partial charge >= 0.3 is 0 Å². The van der Waals surface area contributed by atoms with Gasteiger partial charge in [0.2, 0.25) is 5.89 Å². The normalized spacial score (nSPS) is 11.3. The fraction of sp³-hybridized carbons (Fsp3) is 0.111. The summed E-state index contributed by atoms with van der Waals surface area (Å²) < 4.78 is 7.94. The van der Waals surface area contributed by atoms with E-state index in [4.69, 9.17) is 9.40 Å². The second-order valence-corrected chi connectivity index (χ2v) is 6.09. The minimum absolute atomic E-state index is 0.648. The number of nitrogens with zero attached hydrogens (tertiary/aromatic N) is 3. The number of benzene rings is 2. The first-order valence-corrected chi connectivity index (χ1v) is 8.37. The maximum absolute atomic E-state index is 5.77. The Labute approximate surface area is 137 Å². The summed E-state index contributed by atoms with van der Waals surface area (Å²) in [5.74, 6) is 1.36.